The van der Waals surface area contributed by atoms with E-state index in [9.17, 15) is 9.59 Å². The number of hydrogen-bond donors (Lipinski definition) is 4. The molecule has 0 saturated carbocycles. The number of hydrogen-bond acceptors (Lipinski definition) is 4. The Kier molecular flexibility index (Phi) is 6.21. The minimum absolute atomic E-state index is 0.0946. The largest absolute Gasteiger partial charge is 0.352 e. The van der Waals surface area contributed by atoms with Crippen molar-refractivity contribution in [3.05, 3.63) is 16.0 Å². The Morgan fingerprint density at radius 2 is 2.00 bits per heavy atom. The van der Waals surface area contributed by atoms with Crippen molar-refractivity contribution in [2.75, 3.05) is 25.5 Å². The van der Waals surface area contributed by atoms with Gasteiger partial charge in [0.1, 0.15) is 5.00 Å². The molecule has 0 aliphatic heterocycles. The molecule has 6 nitrogen and oxygen atoms in total. The minimum Gasteiger partial charge on any atom is -0.352 e. The fraction of sp³-hybridized carbons (Fsp3) is 0.600. The van der Waals surface area contributed by atoms with Crippen LogP contribution in [0.3, 0.4) is 0 Å². The Bertz CT molecular complexity index is 542. The molecule has 0 fully saturated rings. The summed E-state index contributed by atoms with van der Waals surface area (Å²) in [5, 5.41) is 8.92. The fourth-order valence-electron chi connectivity index (χ4n) is 2.62. The second-order valence-corrected chi connectivity index (χ2v) is 6.48. The van der Waals surface area contributed by atoms with Crippen LogP contribution in [0, 0.1) is 0 Å². The summed E-state index contributed by atoms with van der Waals surface area (Å²) >= 11 is 1.52. The van der Waals surface area contributed by atoms with Gasteiger partial charge in [0.25, 0.3) is 5.91 Å². The van der Waals surface area contributed by atoms with E-state index in [4.69, 9.17) is 5.73 Å². The van der Waals surface area contributed by atoms with Gasteiger partial charge in [0, 0.05) is 18.5 Å². The third kappa shape index (κ3) is 3.98. The van der Waals surface area contributed by atoms with Gasteiger partial charge >= 0.3 is 6.03 Å². The van der Waals surface area contributed by atoms with E-state index in [-0.39, 0.29) is 11.9 Å². The Morgan fingerprint density at radius 1 is 1.23 bits per heavy atom. The Labute approximate surface area is 134 Å². The minimum atomic E-state index is -0.296. The summed E-state index contributed by atoms with van der Waals surface area (Å²) in [5.41, 5.74) is 7.22. The van der Waals surface area contributed by atoms with Crippen molar-refractivity contribution in [1.29, 1.82) is 0 Å². The van der Waals surface area contributed by atoms with Crippen molar-refractivity contribution >= 4 is 28.3 Å². The number of thiophene rings is 1. The van der Waals surface area contributed by atoms with Crippen molar-refractivity contribution in [2.45, 2.75) is 38.5 Å². The number of carbonyl (C=O) groups is 2. The number of rotatable bonds is 6. The summed E-state index contributed by atoms with van der Waals surface area (Å²) in [4.78, 5) is 25.4. The first-order valence-corrected chi connectivity index (χ1v) is 8.60. The molecule has 0 aromatic carbocycles. The zero-order valence-corrected chi connectivity index (χ0v) is 13.8. The molecule has 0 spiro atoms. The van der Waals surface area contributed by atoms with Crippen LogP contribution in [0.5, 0.6) is 0 Å². The van der Waals surface area contributed by atoms with Gasteiger partial charge in [-0.25, -0.2) is 4.79 Å². The number of fused-ring (bicyclic) bond motifs is 1. The van der Waals surface area contributed by atoms with Gasteiger partial charge in [0.2, 0.25) is 0 Å². The molecular weight excluding hydrogens is 300 g/mol. The molecule has 0 atom stereocenters. The van der Waals surface area contributed by atoms with Crippen LogP contribution in [0.15, 0.2) is 0 Å². The predicted octanol–water partition coefficient (Wildman–Crippen LogP) is 1.85. The van der Waals surface area contributed by atoms with E-state index in [0.29, 0.717) is 23.7 Å². The molecule has 5 N–H and O–H groups in total. The van der Waals surface area contributed by atoms with Gasteiger partial charge in [-0.2, -0.15) is 0 Å². The van der Waals surface area contributed by atoms with Gasteiger partial charge in [0.15, 0.2) is 0 Å². The quantitative estimate of drug-likeness (QED) is 0.601. The molecule has 0 bridgehead atoms. The fourth-order valence-corrected chi connectivity index (χ4v) is 3.90. The monoisotopic (exact) mass is 324 g/mol. The van der Waals surface area contributed by atoms with Crippen LogP contribution in [0.2, 0.25) is 0 Å². The highest BCUT2D eigenvalue weighted by Gasteiger charge is 2.25. The molecular formula is C15H24N4O2S. The third-order valence-corrected chi connectivity index (χ3v) is 4.98. The second-order valence-electron chi connectivity index (χ2n) is 5.37. The van der Waals surface area contributed by atoms with Gasteiger partial charge in [-0.15, -0.1) is 11.3 Å². The lowest BCUT2D eigenvalue weighted by Crippen LogP contribution is -2.29. The average molecular weight is 324 g/mol. The lowest BCUT2D eigenvalue weighted by molar-refractivity contribution is 0.0953. The Morgan fingerprint density at radius 3 is 2.73 bits per heavy atom. The number of urea groups is 1. The van der Waals surface area contributed by atoms with Crippen LogP contribution in [0.25, 0.3) is 0 Å². The maximum atomic E-state index is 12.5. The zero-order valence-electron chi connectivity index (χ0n) is 13.0. The van der Waals surface area contributed by atoms with E-state index in [1.165, 1.54) is 16.2 Å². The number of carbonyl (C=O) groups excluding carboxylic acids is 2. The van der Waals surface area contributed by atoms with E-state index in [1.807, 2.05) is 0 Å². The van der Waals surface area contributed by atoms with Gasteiger partial charge in [-0.3, -0.25) is 10.1 Å². The molecule has 7 heteroatoms. The van der Waals surface area contributed by atoms with E-state index < -0.39 is 0 Å². The SMILES string of the molecule is CNC(=O)Nc1sc2c(c1C(=O)NCCCCN)CCCC2. The summed E-state index contributed by atoms with van der Waals surface area (Å²) in [6.45, 7) is 1.24. The summed E-state index contributed by atoms with van der Waals surface area (Å²) in [6, 6.07) is -0.296. The van der Waals surface area contributed by atoms with Crippen LogP contribution < -0.4 is 21.7 Å². The second kappa shape index (κ2) is 8.14. The molecule has 1 aromatic rings. The summed E-state index contributed by atoms with van der Waals surface area (Å²) < 4.78 is 0. The number of aryl methyl sites for hydroxylation is 1. The van der Waals surface area contributed by atoms with Gasteiger partial charge < -0.3 is 16.4 Å². The number of anilines is 1. The average Bonchev–Trinajstić information content (AvgIpc) is 2.89. The van der Waals surface area contributed by atoms with Crippen molar-refractivity contribution in [3.63, 3.8) is 0 Å². The van der Waals surface area contributed by atoms with E-state index in [1.54, 1.807) is 7.05 Å². The molecule has 1 aliphatic carbocycles. The topological polar surface area (TPSA) is 96.2 Å². The van der Waals surface area contributed by atoms with Gasteiger partial charge in [-0.1, -0.05) is 0 Å². The lowest BCUT2D eigenvalue weighted by Gasteiger charge is -2.13. The summed E-state index contributed by atoms with van der Waals surface area (Å²) in [6.07, 6.45) is 5.90. The van der Waals surface area contributed by atoms with Crippen LogP contribution in [-0.4, -0.2) is 32.1 Å². The number of unbranched alkanes of at least 4 members (excludes halogenated alkanes) is 1. The Balaban J connectivity index is 2.17. The Hall–Kier alpha value is -1.60. The molecule has 3 amide bonds. The van der Waals surface area contributed by atoms with Crippen molar-refractivity contribution in [2.24, 2.45) is 5.73 Å². The predicted molar refractivity (Wildman–Crippen MR) is 89.7 cm³/mol. The van der Waals surface area contributed by atoms with E-state index in [2.05, 4.69) is 16.0 Å². The van der Waals surface area contributed by atoms with Gasteiger partial charge in [-0.05, 0) is 50.6 Å². The van der Waals surface area contributed by atoms with Gasteiger partial charge in [0.05, 0.1) is 5.56 Å². The molecule has 2 rings (SSSR count). The molecule has 22 heavy (non-hydrogen) atoms. The molecule has 1 heterocycles. The first-order chi connectivity index (χ1) is 10.7. The highest BCUT2D eigenvalue weighted by molar-refractivity contribution is 7.17. The van der Waals surface area contributed by atoms with E-state index >= 15 is 0 Å². The van der Waals surface area contributed by atoms with E-state index in [0.717, 1.165) is 44.1 Å². The standard InChI is InChI=1S/C15H24N4O2S/c1-17-15(21)19-14-12(13(20)18-9-5-4-8-16)10-6-2-3-7-11(10)22-14/h2-9,16H2,1H3,(H,18,20)(H2,17,19,21). The first-order valence-electron chi connectivity index (χ1n) is 7.79. The maximum Gasteiger partial charge on any atom is 0.319 e. The highest BCUT2D eigenvalue weighted by Crippen LogP contribution is 2.38. The van der Waals surface area contributed by atoms with Crippen LogP contribution in [0.4, 0.5) is 9.80 Å². The third-order valence-electron chi connectivity index (χ3n) is 3.77. The van der Waals surface area contributed by atoms with Crippen molar-refractivity contribution < 1.29 is 9.59 Å². The maximum absolute atomic E-state index is 12.5. The van der Waals surface area contributed by atoms with Crippen LogP contribution in [0.1, 0.15) is 46.5 Å². The van der Waals surface area contributed by atoms with Crippen molar-refractivity contribution in [3.8, 4) is 0 Å². The summed E-state index contributed by atoms with van der Waals surface area (Å²) in [5.74, 6) is -0.0946. The molecule has 0 unspecified atom stereocenters. The lowest BCUT2D eigenvalue weighted by atomic mass is 9.95. The molecule has 1 aromatic heterocycles. The molecule has 1 aliphatic rings. The molecule has 122 valence electrons. The molecule has 0 radical (unpaired) electrons. The highest BCUT2D eigenvalue weighted by atomic mass is 32.1. The smallest absolute Gasteiger partial charge is 0.319 e. The summed E-state index contributed by atoms with van der Waals surface area (Å²) in [7, 11) is 1.56. The molecule has 0 saturated heterocycles. The van der Waals surface area contributed by atoms with Crippen LogP contribution >= 0.6 is 11.3 Å². The first kappa shape index (κ1) is 16.8. The normalized spacial score (nSPS) is 13.4. The number of amides is 3. The number of nitrogens with two attached hydrogens (primary N) is 1. The van der Waals surface area contributed by atoms with Crippen molar-refractivity contribution in [1.82, 2.24) is 10.6 Å². The zero-order chi connectivity index (χ0) is 15.9. The van der Waals surface area contributed by atoms with Crippen LogP contribution in [-0.2, 0) is 12.8 Å². The number of nitrogens with one attached hydrogen (secondary N) is 3.